The Morgan fingerprint density at radius 1 is 1.35 bits per heavy atom. The molecule has 0 saturated carbocycles. The van der Waals surface area contributed by atoms with Crippen LogP contribution in [0.3, 0.4) is 0 Å². The minimum Gasteiger partial charge on any atom is -0.314 e. The standard InChI is InChI=1S/C15H22N2/c1-2-3-7-11-17-12-10-16-13-15(17)14-8-5-4-6-9-14/h2-6,8-9,15-16H,7,10-13H2,1H3/b3-2+. The van der Waals surface area contributed by atoms with Crippen LogP contribution >= 0.6 is 0 Å². The Kier molecular flexibility index (Phi) is 4.77. The number of piperazine rings is 1. The molecule has 0 spiro atoms. The Morgan fingerprint density at radius 2 is 2.18 bits per heavy atom. The van der Waals surface area contributed by atoms with E-state index < -0.39 is 0 Å². The van der Waals surface area contributed by atoms with E-state index >= 15 is 0 Å². The van der Waals surface area contributed by atoms with Crippen molar-refractivity contribution in [1.82, 2.24) is 10.2 Å². The fourth-order valence-corrected chi connectivity index (χ4v) is 2.42. The Bertz CT molecular complexity index is 345. The third-order valence-electron chi connectivity index (χ3n) is 3.36. The van der Waals surface area contributed by atoms with Gasteiger partial charge in [0.2, 0.25) is 0 Å². The van der Waals surface area contributed by atoms with Crippen LogP contribution in [0.1, 0.15) is 24.9 Å². The van der Waals surface area contributed by atoms with E-state index in [1.807, 2.05) is 0 Å². The maximum Gasteiger partial charge on any atom is 0.0473 e. The molecule has 2 rings (SSSR count). The van der Waals surface area contributed by atoms with Gasteiger partial charge in [0.1, 0.15) is 0 Å². The Morgan fingerprint density at radius 3 is 2.94 bits per heavy atom. The lowest BCUT2D eigenvalue weighted by Crippen LogP contribution is -2.46. The molecule has 1 atom stereocenters. The predicted octanol–water partition coefficient (Wildman–Crippen LogP) is 2.60. The number of nitrogens with one attached hydrogen (secondary N) is 1. The molecule has 2 nitrogen and oxygen atoms in total. The Balaban J connectivity index is 2.02. The van der Waals surface area contributed by atoms with Gasteiger partial charge < -0.3 is 5.32 Å². The van der Waals surface area contributed by atoms with Crippen molar-refractivity contribution < 1.29 is 0 Å². The van der Waals surface area contributed by atoms with Crippen LogP contribution in [-0.2, 0) is 0 Å². The highest BCUT2D eigenvalue weighted by molar-refractivity contribution is 5.20. The number of allylic oxidation sites excluding steroid dienone is 1. The zero-order valence-electron chi connectivity index (χ0n) is 10.6. The second-order valence-electron chi connectivity index (χ2n) is 4.52. The van der Waals surface area contributed by atoms with Crippen LogP contribution in [0.25, 0.3) is 0 Å². The van der Waals surface area contributed by atoms with Gasteiger partial charge in [-0.05, 0) is 18.9 Å². The SMILES string of the molecule is C/C=C/CCN1CCNCC1c1ccccc1. The van der Waals surface area contributed by atoms with Crippen LogP contribution < -0.4 is 5.32 Å². The zero-order valence-corrected chi connectivity index (χ0v) is 10.6. The average Bonchev–Trinajstić information content (AvgIpc) is 2.41. The second-order valence-corrected chi connectivity index (χ2v) is 4.52. The van der Waals surface area contributed by atoms with Gasteiger partial charge in [-0.2, -0.15) is 0 Å². The monoisotopic (exact) mass is 230 g/mol. The molecule has 0 aliphatic carbocycles. The molecule has 0 aromatic heterocycles. The summed E-state index contributed by atoms with van der Waals surface area (Å²) >= 11 is 0. The number of hydrogen-bond donors (Lipinski definition) is 1. The number of hydrogen-bond acceptors (Lipinski definition) is 2. The number of nitrogens with zero attached hydrogens (tertiary/aromatic N) is 1. The average molecular weight is 230 g/mol. The smallest absolute Gasteiger partial charge is 0.0473 e. The van der Waals surface area contributed by atoms with Gasteiger partial charge in [0.05, 0.1) is 0 Å². The largest absolute Gasteiger partial charge is 0.314 e. The minimum atomic E-state index is 0.537. The van der Waals surface area contributed by atoms with Crippen molar-refractivity contribution in [3.8, 4) is 0 Å². The number of benzene rings is 1. The lowest BCUT2D eigenvalue weighted by molar-refractivity contribution is 0.165. The normalized spacial score (nSPS) is 22.1. The van der Waals surface area contributed by atoms with Crippen LogP contribution in [0.15, 0.2) is 42.5 Å². The van der Waals surface area contributed by atoms with E-state index in [0.29, 0.717) is 6.04 Å². The summed E-state index contributed by atoms with van der Waals surface area (Å²) in [5.74, 6) is 0. The highest BCUT2D eigenvalue weighted by Crippen LogP contribution is 2.21. The molecule has 92 valence electrons. The molecular formula is C15H22N2. The molecule has 1 heterocycles. The highest BCUT2D eigenvalue weighted by Gasteiger charge is 2.22. The molecule has 1 saturated heterocycles. The van der Waals surface area contributed by atoms with Crippen molar-refractivity contribution in [3.63, 3.8) is 0 Å². The summed E-state index contributed by atoms with van der Waals surface area (Å²) in [7, 11) is 0. The lowest BCUT2D eigenvalue weighted by atomic mass is 10.0. The quantitative estimate of drug-likeness (QED) is 0.800. The molecule has 1 unspecified atom stereocenters. The van der Waals surface area contributed by atoms with Crippen LogP contribution in [0.4, 0.5) is 0 Å². The van der Waals surface area contributed by atoms with Gasteiger partial charge in [0.15, 0.2) is 0 Å². The predicted molar refractivity (Wildman–Crippen MR) is 73.1 cm³/mol. The second kappa shape index (κ2) is 6.58. The van der Waals surface area contributed by atoms with Crippen molar-refractivity contribution >= 4 is 0 Å². The third kappa shape index (κ3) is 3.42. The molecule has 1 N–H and O–H groups in total. The summed E-state index contributed by atoms with van der Waals surface area (Å²) in [5.41, 5.74) is 1.43. The summed E-state index contributed by atoms with van der Waals surface area (Å²) < 4.78 is 0. The molecule has 1 aromatic carbocycles. The number of rotatable bonds is 4. The van der Waals surface area contributed by atoms with Gasteiger partial charge >= 0.3 is 0 Å². The fourth-order valence-electron chi connectivity index (χ4n) is 2.42. The molecule has 0 bridgehead atoms. The molecule has 2 heteroatoms. The fraction of sp³-hybridized carbons (Fsp3) is 0.467. The van der Waals surface area contributed by atoms with Gasteiger partial charge in [-0.1, -0.05) is 42.5 Å². The summed E-state index contributed by atoms with van der Waals surface area (Å²) in [4.78, 5) is 2.59. The Hall–Kier alpha value is -1.12. The van der Waals surface area contributed by atoms with E-state index in [4.69, 9.17) is 0 Å². The molecule has 1 aromatic rings. The molecule has 1 aliphatic rings. The minimum absolute atomic E-state index is 0.537. The summed E-state index contributed by atoms with van der Waals surface area (Å²) in [5, 5.41) is 3.49. The van der Waals surface area contributed by atoms with Gasteiger partial charge in [-0.15, -0.1) is 0 Å². The van der Waals surface area contributed by atoms with E-state index in [2.05, 4.69) is 59.6 Å². The van der Waals surface area contributed by atoms with Gasteiger partial charge in [-0.25, -0.2) is 0 Å². The van der Waals surface area contributed by atoms with E-state index in [-0.39, 0.29) is 0 Å². The first-order valence-electron chi connectivity index (χ1n) is 6.52. The zero-order chi connectivity index (χ0) is 11.9. The van der Waals surface area contributed by atoms with E-state index in [9.17, 15) is 0 Å². The first-order valence-corrected chi connectivity index (χ1v) is 6.52. The van der Waals surface area contributed by atoms with Gasteiger partial charge in [0, 0.05) is 32.2 Å². The molecule has 1 fully saturated rings. The van der Waals surface area contributed by atoms with Crippen LogP contribution in [0, 0.1) is 0 Å². The molecule has 17 heavy (non-hydrogen) atoms. The topological polar surface area (TPSA) is 15.3 Å². The van der Waals surface area contributed by atoms with Gasteiger partial charge in [0.25, 0.3) is 0 Å². The van der Waals surface area contributed by atoms with Crippen molar-refractivity contribution in [2.75, 3.05) is 26.2 Å². The van der Waals surface area contributed by atoms with Crippen molar-refractivity contribution in [1.29, 1.82) is 0 Å². The maximum atomic E-state index is 3.49. The molecule has 1 aliphatic heterocycles. The first kappa shape index (κ1) is 12.3. The third-order valence-corrected chi connectivity index (χ3v) is 3.36. The summed E-state index contributed by atoms with van der Waals surface area (Å²) in [6.07, 6.45) is 5.55. The van der Waals surface area contributed by atoms with Crippen LogP contribution in [-0.4, -0.2) is 31.1 Å². The van der Waals surface area contributed by atoms with Crippen molar-refractivity contribution in [3.05, 3.63) is 48.0 Å². The summed E-state index contributed by atoms with van der Waals surface area (Å²) in [6.45, 7) is 6.58. The Labute approximate surface area is 104 Å². The molecular weight excluding hydrogens is 208 g/mol. The van der Waals surface area contributed by atoms with Crippen LogP contribution in [0.2, 0.25) is 0 Å². The van der Waals surface area contributed by atoms with E-state index in [0.717, 1.165) is 32.6 Å². The molecule has 0 radical (unpaired) electrons. The van der Waals surface area contributed by atoms with Crippen molar-refractivity contribution in [2.24, 2.45) is 0 Å². The van der Waals surface area contributed by atoms with Crippen molar-refractivity contribution in [2.45, 2.75) is 19.4 Å². The molecule has 0 amide bonds. The van der Waals surface area contributed by atoms with E-state index in [1.54, 1.807) is 0 Å². The van der Waals surface area contributed by atoms with Gasteiger partial charge in [-0.3, -0.25) is 4.90 Å². The first-order chi connectivity index (χ1) is 8.42. The highest BCUT2D eigenvalue weighted by atomic mass is 15.2. The lowest BCUT2D eigenvalue weighted by Gasteiger charge is -2.36. The summed E-state index contributed by atoms with van der Waals surface area (Å²) in [6, 6.07) is 11.4. The van der Waals surface area contributed by atoms with Crippen LogP contribution in [0.5, 0.6) is 0 Å². The van der Waals surface area contributed by atoms with E-state index in [1.165, 1.54) is 5.56 Å². The maximum absolute atomic E-state index is 3.49.